The van der Waals surface area contributed by atoms with Gasteiger partial charge in [-0.05, 0) is 42.8 Å². The molecule has 0 aliphatic carbocycles. The van der Waals surface area contributed by atoms with Crippen LogP contribution in [0.3, 0.4) is 0 Å². The predicted octanol–water partition coefficient (Wildman–Crippen LogP) is 1.72. The van der Waals surface area contributed by atoms with Crippen LogP contribution in [0.5, 0.6) is 11.5 Å². The van der Waals surface area contributed by atoms with Crippen molar-refractivity contribution in [3.05, 3.63) is 53.6 Å². The molecular weight excluding hydrogens is 292 g/mol. The van der Waals surface area contributed by atoms with Crippen LogP contribution in [0.4, 0.5) is 0 Å². The third-order valence-electron chi connectivity index (χ3n) is 2.72. The second-order valence-electron chi connectivity index (χ2n) is 4.41. The summed E-state index contributed by atoms with van der Waals surface area (Å²) < 4.78 is 23.9. The molecule has 0 aliphatic heterocycles. The minimum Gasteiger partial charge on any atom is -0.504 e. The molecule has 2 aromatic rings. The standard InChI is InChI=1S/C14H14N2O4S/c1-10-2-5-12(6-3-10)21(19,20)16-15-9-11-4-7-13(17)14(18)8-11/h2-9,16-18H,1H3/b15-9+. The lowest BCUT2D eigenvalue weighted by Gasteiger charge is -2.03. The fourth-order valence-corrected chi connectivity index (χ4v) is 2.35. The van der Waals surface area contributed by atoms with Crippen molar-refractivity contribution in [3.63, 3.8) is 0 Å². The third kappa shape index (κ3) is 3.73. The molecule has 0 aromatic heterocycles. The molecule has 0 heterocycles. The number of benzene rings is 2. The molecule has 0 amide bonds. The Morgan fingerprint density at radius 3 is 2.33 bits per heavy atom. The molecule has 7 heteroatoms. The van der Waals surface area contributed by atoms with Gasteiger partial charge in [0, 0.05) is 0 Å². The largest absolute Gasteiger partial charge is 0.504 e. The fourth-order valence-electron chi connectivity index (χ4n) is 1.56. The number of hydrogen-bond donors (Lipinski definition) is 3. The fraction of sp³-hybridized carbons (Fsp3) is 0.0714. The summed E-state index contributed by atoms with van der Waals surface area (Å²) in [7, 11) is -3.73. The molecule has 2 rings (SSSR count). The second-order valence-corrected chi connectivity index (χ2v) is 6.07. The molecular formula is C14H14N2O4S. The number of phenols is 2. The van der Waals surface area contributed by atoms with Crippen molar-refractivity contribution in [3.8, 4) is 11.5 Å². The van der Waals surface area contributed by atoms with Gasteiger partial charge in [-0.1, -0.05) is 17.7 Å². The quantitative estimate of drug-likeness (QED) is 0.455. The van der Waals surface area contributed by atoms with Crippen molar-refractivity contribution in [1.82, 2.24) is 4.83 Å². The number of aryl methyl sites for hydroxylation is 1. The number of rotatable bonds is 4. The van der Waals surface area contributed by atoms with Crippen molar-refractivity contribution >= 4 is 16.2 Å². The highest BCUT2D eigenvalue weighted by atomic mass is 32.2. The molecule has 0 atom stereocenters. The molecule has 0 radical (unpaired) electrons. The Labute approximate surface area is 122 Å². The van der Waals surface area contributed by atoms with Crippen LogP contribution in [0, 0.1) is 6.92 Å². The lowest BCUT2D eigenvalue weighted by atomic mass is 10.2. The van der Waals surface area contributed by atoms with Gasteiger partial charge in [0.15, 0.2) is 11.5 Å². The van der Waals surface area contributed by atoms with Gasteiger partial charge in [0.2, 0.25) is 0 Å². The Balaban J connectivity index is 2.12. The van der Waals surface area contributed by atoms with Gasteiger partial charge in [-0.15, -0.1) is 0 Å². The van der Waals surface area contributed by atoms with Crippen molar-refractivity contribution in [2.45, 2.75) is 11.8 Å². The van der Waals surface area contributed by atoms with Gasteiger partial charge < -0.3 is 10.2 Å². The Morgan fingerprint density at radius 2 is 1.71 bits per heavy atom. The summed E-state index contributed by atoms with van der Waals surface area (Å²) in [6.07, 6.45) is 1.23. The number of nitrogens with one attached hydrogen (secondary N) is 1. The molecule has 21 heavy (non-hydrogen) atoms. The first-order chi connectivity index (χ1) is 9.88. The number of phenolic OH excluding ortho intramolecular Hbond substituents is 2. The van der Waals surface area contributed by atoms with E-state index in [4.69, 9.17) is 5.11 Å². The van der Waals surface area contributed by atoms with E-state index in [0.29, 0.717) is 5.56 Å². The zero-order valence-corrected chi connectivity index (χ0v) is 12.0. The minimum absolute atomic E-state index is 0.110. The van der Waals surface area contributed by atoms with Gasteiger partial charge >= 0.3 is 0 Å². The summed E-state index contributed by atoms with van der Waals surface area (Å²) in [4.78, 5) is 2.18. The van der Waals surface area contributed by atoms with Gasteiger partial charge in [-0.3, -0.25) is 0 Å². The van der Waals surface area contributed by atoms with E-state index in [1.165, 1.54) is 36.5 Å². The summed E-state index contributed by atoms with van der Waals surface area (Å²) in [5.74, 6) is -0.562. The first-order valence-corrected chi connectivity index (χ1v) is 7.50. The molecule has 0 aliphatic rings. The number of hydrazone groups is 1. The third-order valence-corrected chi connectivity index (χ3v) is 3.96. The van der Waals surface area contributed by atoms with Gasteiger partial charge in [-0.25, -0.2) is 4.83 Å². The molecule has 0 spiro atoms. The van der Waals surface area contributed by atoms with Crippen LogP contribution >= 0.6 is 0 Å². The van der Waals surface area contributed by atoms with Crippen LogP contribution in [0.1, 0.15) is 11.1 Å². The normalized spacial score (nSPS) is 11.7. The maximum Gasteiger partial charge on any atom is 0.276 e. The SMILES string of the molecule is Cc1ccc(S(=O)(=O)N/N=C/c2ccc(O)c(O)c2)cc1. The Bertz CT molecular complexity index is 768. The average molecular weight is 306 g/mol. The van der Waals surface area contributed by atoms with Gasteiger partial charge in [-0.2, -0.15) is 13.5 Å². The van der Waals surface area contributed by atoms with Crippen molar-refractivity contribution < 1.29 is 18.6 Å². The summed E-state index contributed by atoms with van der Waals surface area (Å²) in [6, 6.07) is 10.4. The molecule has 0 saturated heterocycles. The van der Waals surface area contributed by atoms with E-state index in [1.807, 2.05) is 6.92 Å². The second kappa shape index (κ2) is 5.84. The van der Waals surface area contributed by atoms with Crippen molar-refractivity contribution in [1.29, 1.82) is 0 Å². The lowest BCUT2D eigenvalue weighted by molar-refractivity contribution is 0.403. The van der Waals surface area contributed by atoms with E-state index in [-0.39, 0.29) is 16.4 Å². The van der Waals surface area contributed by atoms with Gasteiger partial charge in [0.25, 0.3) is 10.0 Å². The summed E-state index contributed by atoms with van der Waals surface area (Å²) in [5.41, 5.74) is 1.40. The summed E-state index contributed by atoms with van der Waals surface area (Å²) >= 11 is 0. The van der Waals surface area contributed by atoms with Crippen LogP contribution in [-0.2, 0) is 10.0 Å². The Kier molecular flexibility index (Phi) is 4.13. The summed E-state index contributed by atoms with van der Waals surface area (Å²) in [6.45, 7) is 1.86. The van der Waals surface area contributed by atoms with E-state index in [9.17, 15) is 13.5 Å². The maximum atomic E-state index is 11.9. The molecule has 0 unspecified atom stereocenters. The van der Waals surface area contributed by atoms with Crippen LogP contribution in [0.25, 0.3) is 0 Å². The molecule has 110 valence electrons. The first kappa shape index (κ1) is 14.9. The van der Waals surface area contributed by atoms with Gasteiger partial charge in [0.1, 0.15) is 0 Å². The van der Waals surface area contributed by atoms with Gasteiger partial charge in [0.05, 0.1) is 11.1 Å². The zero-order valence-electron chi connectivity index (χ0n) is 11.2. The molecule has 6 nitrogen and oxygen atoms in total. The van der Waals surface area contributed by atoms with Crippen molar-refractivity contribution in [2.24, 2.45) is 5.10 Å². The molecule has 3 N–H and O–H groups in total. The van der Waals surface area contributed by atoms with Crippen LogP contribution in [-0.4, -0.2) is 24.8 Å². The predicted molar refractivity (Wildman–Crippen MR) is 78.9 cm³/mol. The van der Waals surface area contributed by atoms with E-state index < -0.39 is 10.0 Å². The van der Waals surface area contributed by atoms with E-state index in [0.717, 1.165) is 5.56 Å². The molecule has 2 aromatic carbocycles. The summed E-state index contributed by atoms with van der Waals surface area (Å²) in [5, 5.41) is 22.1. The first-order valence-electron chi connectivity index (χ1n) is 6.02. The number of hydrogen-bond acceptors (Lipinski definition) is 5. The topological polar surface area (TPSA) is 99.0 Å². The highest BCUT2D eigenvalue weighted by molar-refractivity contribution is 7.89. The Morgan fingerprint density at radius 1 is 1.05 bits per heavy atom. The molecule has 0 bridgehead atoms. The highest BCUT2D eigenvalue weighted by Crippen LogP contribution is 2.23. The molecule has 0 fully saturated rings. The number of aromatic hydroxyl groups is 2. The van der Waals surface area contributed by atoms with E-state index in [1.54, 1.807) is 12.1 Å². The number of nitrogens with zero attached hydrogens (tertiary/aromatic N) is 1. The zero-order chi connectivity index (χ0) is 15.5. The van der Waals surface area contributed by atoms with Crippen LogP contribution in [0.15, 0.2) is 52.5 Å². The van der Waals surface area contributed by atoms with Crippen molar-refractivity contribution in [2.75, 3.05) is 0 Å². The van der Waals surface area contributed by atoms with E-state index >= 15 is 0 Å². The monoisotopic (exact) mass is 306 g/mol. The average Bonchev–Trinajstić information content (AvgIpc) is 2.43. The molecule has 0 saturated carbocycles. The smallest absolute Gasteiger partial charge is 0.276 e. The highest BCUT2D eigenvalue weighted by Gasteiger charge is 2.11. The maximum absolute atomic E-state index is 11.9. The minimum atomic E-state index is -3.73. The lowest BCUT2D eigenvalue weighted by Crippen LogP contribution is -2.18. The van der Waals surface area contributed by atoms with Crippen LogP contribution in [0.2, 0.25) is 0 Å². The Hall–Kier alpha value is -2.54. The number of sulfonamides is 1. The van der Waals surface area contributed by atoms with E-state index in [2.05, 4.69) is 9.93 Å². The van der Waals surface area contributed by atoms with Crippen LogP contribution < -0.4 is 4.83 Å².